The molecule has 2 aromatic heterocycles. The number of carbonyl (C=O) groups excluding carboxylic acids is 1. The predicted molar refractivity (Wildman–Crippen MR) is 97.1 cm³/mol. The molecule has 0 aliphatic carbocycles. The average Bonchev–Trinajstić information content (AvgIpc) is 3.20. The van der Waals surface area contributed by atoms with Crippen LogP contribution in [0.4, 0.5) is 30.7 Å². The lowest BCUT2D eigenvalue weighted by atomic mass is 10.1. The molecule has 2 aromatic rings. The number of halogens is 7. The molecule has 0 saturated carbocycles. The van der Waals surface area contributed by atoms with Gasteiger partial charge >= 0.3 is 12.4 Å². The molecule has 3 rings (SSSR count). The van der Waals surface area contributed by atoms with Crippen LogP contribution < -0.4 is 5.32 Å². The Kier molecular flexibility index (Phi) is 7.12. The zero-order valence-electron chi connectivity index (χ0n) is 16.5. The maximum atomic E-state index is 14.0. The second-order valence-corrected chi connectivity index (χ2v) is 6.78. The van der Waals surface area contributed by atoms with E-state index in [1.165, 1.54) is 6.07 Å². The summed E-state index contributed by atoms with van der Waals surface area (Å²) < 4.78 is 85.1. The number of carbonyl (C=O) groups is 1. The fourth-order valence-corrected chi connectivity index (χ4v) is 2.78. The zero-order chi connectivity index (χ0) is 23.6. The van der Waals surface area contributed by atoms with E-state index in [-0.39, 0.29) is 30.1 Å². The molecule has 3 heterocycles. The number of aromatic nitrogens is 3. The molecule has 0 radical (unpaired) electrons. The number of alkyl halides is 6. The maximum Gasteiger partial charge on any atom is 0.433 e. The first kappa shape index (κ1) is 24.4. The van der Waals surface area contributed by atoms with Crippen LogP contribution in [0, 0.1) is 5.82 Å². The van der Waals surface area contributed by atoms with Crippen molar-refractivity contribution in [1.82, 2.24) is 20.1 Å². The van der Waals surface area contributed by atoms with E-state index in [0.29, 0.717) is 42.9 Å². The number of nitrogens with zero attached hydrogens (tertiary/aromatic N) is 3. The molecule has 170 valence electrons. The topological polar surface area (TPSA) is 59.8 Å². The highest BCUT2D eigenvalue weighted by Crippen LogP contribution is 2.34. The van der Waals surface area contributed by atoms with E-state index in [2.05, 4.69) is 22.0 Å². The molecular weight excluding hydrogens is 433 g/mol. The summed E-state index contributed by atoms with van der Waals surface area (Å²) in [6.45, 7) is 6.14. The summed E-state index contributed by atoms with van der Waals surface area (Å²) >= 11 is 0. The van der Waals surface area contributed by atoms with Gasteiger partial charge in [0.05, 0.1) is 23.6 Å². The lowest BCUT2D eigenvalue weighted by Crippen LogP contribution is -2.28. The highest BCUT2D eigenvalue weighted by Gasteiger charge is 2.34. The Labute approximate surface area is 173 Å². The van der Waals surface area contributed by atoms with Gasteiger partial charge in [0.15, 0.2) is 5.82 Å². The third-order valence-corrected chi connectivity index (χ3v) is 4.27. The Morgan fingerprint density at radius 2 is 1.87 bits per heavy atom. The van der Waals surface area contributed by atoms with E-state index in [1.54, 1.807) is 4.68 Å². The van der Waals surface area contributed by atoms with E-state index in [9.17, 15) is 35.5 Å². The highest BCUT2D eigenvalue weighted by molar-refractivity contribution is 5.92. The highest BCUT2D eigenvalue weighted by atomic mass is 19.4. The fraction of sp³-hybridized carbons (Fsp3) is 0.421. The van der Waals surface area contributed by atoms with E-state index >= 15 is 0 Å². The Morgan fingerprint density at radius 1 is 1.26 bits per heavy atom. The van der Waals surface area contributed by atoms with Gasteiger partial charge in [-0.2, -0.15) is 31.4 Å². The minimum Gasteiger partial charge on any atom is -0.344 e. The molecule has 5 nitrogen and oxygen atoms in total. The summed E-state index contributed by atoms with van der Waals surface area (Å²) in [4.78, 5) is 15.1. The number of fused-ring (bicyclic) bond motifs is 1. The van der Waals surface area contributed by atoms with Crippen molar-refractivity contribution in [3.05, 3.63) is 47.7 Å². The molecule has 0 spiro atoms. The number of pyridine rings is 1. The van der Waals surface area contributed by atoms with Crippen molar-refractivity contribution in [1.29, 1.82) is 0 Å². The molecule has 1 unspecified atom stereocenters. The summed E-state index contributed by atoms with van der Waals surface area (Å²) in [5.41, 5.74) is -0.359. The van der Waals surface area contributed by atoms with Gasteiger partial charge < -0.3 is 5.32 Å². The van der Waals surface area contributed by atoms with Crippen molar-refractivity contribution >= 4 is 5.91 Å². The van der Waals surface area contributed by atoms with E-state index < -0.39 is 23.9 Å². The normalized spacial score (nSPS) is 15.7. The average molecular weight is 452 g/mol. The molecular formula is C19H19F7N4O. The van der Waals surface area contributed by atoms with Gasteiger partial charge in [-0.3, -0.25) is 9.48 Å². The van der Waals surface area contributed by atoms with Crippen molar-refractivity contribution in [3.63, 3.8) is 0 Å². The van der Waals surface area contributed by atoms with Gasteiger partial charge in [0.2, 0.25) is 5.91 Å². The van der Waals surface area contributed by atoms with Gasteiger partial charge in [0.1, 0.15) is 5.69 Å². The van der Waals surface area contributed by atoms with E-state index in [0.717, 1.165) is 0 Å². The van der Waals surface area contributed by atoms with Gasteiger partial charge in [-0.1, -0.05) is 13.5 Å². The lowest BCUT2D eigenvalue weighted by Gasteiger charge is -2.12. The first-order valence-electron chi connectivity index (χ1n) is 9.07. The lowest BCUT2D eigenvalue weighted by molar-refractivity contribution is -0.141. The Balaban J connectivity index is 0.000000614. The quantitative estimate of drug-likeness (QED) is 0.513. The van der Waals surface area contributed by atoms with Crippen molar-refractivity contribution in [2.75, 3.05) is 0 Å². The number of amides is 1. The van der Waals surface area contributed by atoms with Gasteiger partial charge in [0, 0.05) is 24.6 Å². The Hall–Kier alpha value is -2.92. The third kappa shape index (κ3) is 6.53. The summed E-state index contributed by atoms with van der Waals surface area (Å²) in [5, 5.41) is 6.99. The molecule has 0 fully saturated rings. The van der Waals surface area contributed by atoms with Crippen LogP contribution in [0.2, 0.25) is 0 Å². The molecule has 0 aromatic carbocycles. The third-order valence-electron chi connectivity index (χ3n) is 4.27. The minimum atomic E-state index is -4.68. The van der Waals surface area contributed by atoms with Crippen molar-refractivity contribution in [2.24, 2.45) is 0 Å². The van der Waals surface area contributed by atoms with Gasteiger partial charge in [0.25, 0.3) is 0 Å². The number of hydrogen-bond donors (Lipinski definition) is 1. The molecule has 12 heteroatoms. The van der Waals surface area contributed by atoms with Crippen LogP contribution in [-0.4, -0.2) is 26.8 Å². The second-order valence-electron chi connectivity index (χ2n) is 6.78. The van der Waals surface area contributed by atoms with E-state index in [1.807, 2.05) is 6.92 Å². The molecule has 1 N–H and O–H groups in total. The summed E-state index contributed by atoms with van der Waals surface area (Å²) in [6, 6.07) is 1.78. The van der Waals surface area contributed by atoms with Gasteiger partial charge in [-0.25, -0.2) is 9.37 Å². The van der Waals surface area contributed by atoms with Crippen LogP contribution in [0.3, 0.4) is 0 Å². The van der Waals surface area contributed by atoms with Crippen LogP contribution in [0.25, 0.3) is 11.3 Å². The van der Waals surface area contributed by atoms with Gasteiger partial charge in [-0.15, -0.1) is 0 Å². The fourth-order valence-electron chi connectivity index (χ4n) is 2.78. The van der Waals surface area contributed by atoms with Crippen LogP contribution >= 0.6 is 0 Å². The minimum absolute atomic E-state index is 0.0682. The second kappa shape index (κ2) is 9.06. The molecule has 1 aliphatic heterocycles. The molecule has 0 saturated heterocycles. The SMILES string of the molecule is C=C(CC)C(=O)NC1CCn2nc(-c3cc(C(F)(F)F)ncc3F)cc21.CC(F)(F)F. The van der Waals surface area contributed by atoms with Crippen molar-refractivity contribution in [2.45, 2.75) is 51.6 Å². The Bertz CT molecular complexity index is 957. The number of rotatable bonds is 4. The van der Waals surface area contributed by atoms with Crippen molar-refractivity contribution in [3.8, 4) is 11.3 Å². The maximum absolute atomic E-state index is 14.0. The molecule has 1 amide bonds. The standard InChI is InChI=1S/C17H16F4N4O.C2H3F3/c1-3-9(2)16(26)23-12-4-5-25-14(12)7-13(24-25)10-6-15(17(19,20)21)22-8-11(10)18;1-2(3,4)5/h6-8,12H,2-5H2,1H3,(H,23,26);1H3. The van der Waals surface area contributed by atoms with Crippen LogP contribution in [-0.2, 0) is 17.5 Å². The van der Waals surface area contributed by atoms with Crippen LogP contribution in [0.1, 0.15) is 44.1 Å². The van der Waals surface area contributed by atoms with Crippen LogP contribution in [0.15, 0.2) is 30.5 Å². The largest absolute Gasteiger partial charge is 0.433 e. The zero-order valence-corrected chi connectivity index (χ0v) is 16.5. The summed E-state index contributed by atoms with van der Waals surface area (Å²) in [7, 11) is 0. The molecule has 0 bridgehead atoms. The first-order chi connectivity index (χ1) is 14.2. The molecule has 1 aliphatic rings. The predicted octanol–water partition coefficient (Wildman–Crippen LogP) is 5.20. The number of hydrogen-bond acceptors (Lipinski definition) is 3. The smallest absolute Gasteiger partial charge is 0.344 e. The first-order valence-corrected chi connectivity index (χ1v) is 9.07. The van der Waals surface area contributed by atoms with Gasteiger partial charge in [-0.05, 0) is 25.0 Å². The Morgan fingerprint density at radius 3 is 2.42 bits per heavy atom. The molecule has 1 atom stereocenters. The van der Waals surface area contributed by atoms with Crippen LogP contribution in [0.5, 0.6) is 0 Å². The number of aryl methyl sites for hydroxylation is 1. The number of nitrogens with one attached hydrogen (secondary N) is 1. The van der Waals surface area contributed by atoms with E-state index in [4.69, 9.17) is 0 Å². The molecule has 31 heavy (non-hydrogen) atoms. The summed E-state index contributed by atoms with van der Waals surface area (Å²) in [5.74, 6) is -1.18. The summed E-state index contributed by atoms with van der Waals surface area (Å²) in [6.07, 6.45) is -7.04. The monoisotopic (exact) mass is 452 g/mol. The van der Waals surface area contributed by atoms with Crippen molar-refractivity contribution < 1.29 is 35.5 Å².